The van der Waals surface area contributed by atoms with Crippen LogP contribution in [0.5, 0.6) is 0 Å². The molecule has 0 saturated heterocycles. The van der Waals surface area contributed by atoms with E-state index in [1.807, 2.05) is 22.7 Å². The summed E-state index contributed by atoms with van der Waals surface area (Å²) in [6, 6.07) is 13.9. The minimum Gasteiger partial charge on any atom is -0.144 e. The van der Waals surface area contributed by atoms with Crippen LogP contribution in [0.4, 0.5) is 0 Å². The average molecular weight is 278 g/mol. The summed E-state index contributed by atoms with van der Waals surface area (Å²) in [4.78, 5) is 0. The van der Waals surface area contributed by atoms with Crippen LogP contribution in [0.2, 0.25) is 0 Å². The molecule has 1 aliphatic carbocycles. The van der Waals surface area contributed by atoms with E-state index in [4.69, 9.17) is 0 Å². The molecular formula is C17H10S2. The molecule has 0 bridgehead atoms. The van der Waals surface area contributed by atoms with Crippen molar-refractivity contribution in [3.8, 4) is 11.1 Å². The lowest BCUT2D eigenvalue weighted by Gasteiger charge is -2.02. The van der Waals surface area contributed by atoms with Gasteiger partial charge in [-0.2, -0.15) is 0 Å². The summed E-state index contributed by atoms with van der Waals surface area (Å²) in [7, 11) is 0. The fraction of sp³-hybridized carbons (Fsp3) is 0.0588. The Hall–Kier alpha value is -1.64. The van der Waals surface area contributed by atoms with Crippen LogP contribution in [0.15, 0.2) is 47.2 Å². The molecule has 2 heterocycles. The quantitative estimate of drug-likeness (QED) is 0.341. The molecule has 0 spiro atoms. The molecule has 0 amide bonds. The van der Waals surface area contributed by atoms with Gasteiger partial charge in [0.05, 0.1) is 0 Å². The van der Waals surface area contributed by atoms with Gasteiger partial charge in [-0.25, -0.2) is 0 Å². The predicted octanol–water partition coefficient (Wildman–Crippen LogP) is 5.69. The molecule has 2 heteroatoms. The summed E-state index contributed by atoms with van der Waals surface area (Å²) >= 11 is 3.67. The second-order valence-corrected chi connectivity index (χ2v) is 7.01. The molecule has 0 unspecified atom stereocenters. The molecule has 0 N–H and O–H groups in total. The SMILES string of the molecule is c1cc2cc3c(cc2s1)-c1cc2sccc2cc1C3. The van der Waals surface area contributed by atoms with E-state index in [9.17, 15) is 0 Å². The van der Waals surface area contributed by atoms with E-state index in [1.54, 1.807) is 0 Å². The molecule has 1 aliphatic rings. The van der Waals surface area contributed by atoms with Gasteiger partial charge in [0.2, 0.25) is 0 Å². The third kappa shape index (κ3) is 1.33. The van der Waals surface area contributed by atoms with Gasteiger partial charge in [-0.05, 0) is 86.6 Å². The van der Waals surface area contributed by atoms with Crippen molar-refractivity contribution in [2.45, 2.75) is 6.42 Å². The maximum Gasteiger partial charge on any atom is 0.0349 e. The molecule has 0 radical (unpaired) electrons. The maximum absolute atomic E-state index is 2.38. The lowest BCUT2D eigenvalue weighted by molar-refractivity contribution is 1.28. The zero-order valence-corrected chi connectivity index (χ0v) is 11.8. The highest BCUT2D eigenvalue weighted by Gasteiger charge is 2.20. The Morgan fingerprint density at radius 1 is 0.684 bits per heavy atom. The fourth-order valence-corrected chi connectivity index (χ4v) is 4.73. The summed E-state index contributed by atoms with van der Waals surface area (Å²) in [5.74, 6) is 0. The van der Waals surface area contributed by atoms with E-state index in [-0.39, 0.29) is 0 Å². The first-order chi connectivity index (χ1) is 9.38. The van der Waals surface area contributed by atoms with E-state index in [2.05, 4.69) is 47.2 Å². The molecule has 0 fully saturated rings. The molecule has 0 saturated carbocycles. The zero-order valence-electron chi connectivity index (χ0n) is 10.1. The summed E-state index contributed by atoms with van der Waals surface area (Å²) in [6.45, 7) is 0. The average Bonchev–Trinajstić information content (AvgIpc) is 3.10. The third-order valence-corrected chi connectivity index (χ3v) is 5.79. The molecule has 0 aliphatic heterocycles. The summed E-state index contributed by atoms with van der Waals surface area (Å²) in [6.07, 6.45) is 1.09. The maximum atomic E-state index is 2.38. The number of benzene rings is 2. The minimum atomic E-state index is 1.09. The number of thiophene rings is 2. The van der Waals surface area contributed by atoms with E-state index < -0.39 is 0 Å². The topological polar surface area (TPSA) is 0 Å². The Kier molecular flexibility index (Phi) is 1.86. The van der Waals surface area contributed by atoms with E-state index in [1.165, 1.54) is 42.4 Å². The van der Waals surface area contributed by atoms with Crippen LogP contribution in [-0.2, 0) is 6.42 Å². The molecule has 90 valence electrons. The zero-order chi connectivity index (χ0) is 12.4. The Morgan fingerprint density at radius 2 is 1.21 bits per heavy atom. The van der Waals surface area contributed by atoms with Gasteiger partial charge in [0.15, 0.2) is 0 Å². The fourth-order valence-electron chi connectivity index (χ4n) is 3.11. The van der Waals surface area contributed by atoms with Gasteiger partial charge in [-0.15, -0.1) is 22.7 Å². The van der Waals surface area contributed by atoms with E-state index in [0.717, 1.165) is 6.42 Å². The first-order valence-corrected chi connectivity index (χ1v) is 8.15. The Balaban J connectivity index is 1.88. The molecule has 2 aromatic heterocycles. The second kappa shape index (κ2) is 3.47. The summed E-state index contributed by atoms with van der Waals surface area (Å²) in [5, 5.41) is 7.14. The van der Waals surface area contributed by atoms with Crippen LogP contribution in [0.25, 0.3) is 31.3 Å². The third-order valence-electron chi connectivity index (χ3n) is 4.03. The molecule has 5 rings (SSSR count). The van der Waals surface area contributed by atoms with Crippen LogP contribution in [0.3, 0.4) is 0 Å². The molecule has 4 aromatic rings. The van der Waals surface area contributed by atoms with Crippen LogP contribution in [0.1, 0.15) is 11.1 Å². The van der Waals surface area contributed by atoms with Crippen molar-refractivity contribution in [2.24, 2.45) is 0 Å². The lowest BCUT2D eigenvalue weighted by Crippen LogP contribution is -1.79. The highest BCUT2D eigenvalue weighted by molar-refractivity contribution is 7.17. The largest absolute Gasteiger partial charge is 0.144 e. The van der Waals surface area contributed by atoms with Gasteiger partial charge in [0, 0.05) is 9.40 Å². The summed E-state index contributed by atoms with van der Waals surface area (Å²) in [5.41, 5.74) is 5.86. The summed E-state index contributed by atoms with van der Waals surface area (Å²) < 4.78 is 2.80. The van der Waals surface area contributed by atoms with Gasteiger partial charge in [-0.3, -0.25) is 0 Å². The number of hydrogen-bond acceptors (Lipinski definition) is 2. The van der Waals surface area contributed by atoms with Crippen molar-refractivity contribution in [2.75, 3.05) is 0 Å². The van der Waals surface area contributed by atoms with Gasteiger partial charge in [0.1, 0.15) is 0 Å². The van der Waals surface area contributed by atoms with Gasteiger partial charge < -0.3 is 0 Å². The second-order valence-electron chi connectivity index (χ2n) is 5.11. The monoisotopic (exact) mass is 278 g/mol. The van der Waals surface area contributed by atoms with Crippen molar-refractivity contribution in [1.29, 1.82) is 0 Å². The first kappa shape index (κ1) is 10.2. The van der Waals surface area contributed by atoms with Crippen molar-refractivity contribution >= 4 is 42.8 Å². The highest BCUT2D eigenvalue weighted by atomic mass is 32.1. The number of hydrogen-bond donors (Lipinski definition) is 0. The van der Waals surface area contributed by atoms with Crippen molar-refractivity contribution in [3.05, 3.63) is 58.3 Å². The molecule has 0 nitrogen and oxygen atoms in total. The van der Waals surface area contributed by atoms with Crippen LogP contribution < -0.4 is 0 Å². The van der Waals surface area contributed by atoms with Gasteiger partial charge in [0.25, 0.3) is 0 Å². The van der Waals surface area contributed by atoms with Crippen LogP contribution >= 0.6 is 22.7 Å². The molecule has 0 atom stereocenters. The number of fused-ring (bicyclic) bond motifs is 5. The molecular weight excluding hydrogens is 268 g/mol. The Labute approximate surface area is 118 Å². The van der Waals surface area contributed by atoms with Crippen molar-refractivity contribution in [1.82, 2.24) is 0 Å². The Morgan fingerprint density at radius 3 is 1.74 bits per heavy atom. The van der Waals surface area contributed by atoms with Crippen molar-refractivity contribution < 1.29 is 0 Å². The van der Waals surface area contributed by atoms with Gasteiger partial charge in [-0.1, -0.05) is 0 Å². The molecule has 2 aromatic carbocycles. The number of rotatable bonds is 0. The van der Waals surface area contributed by atoms with Crippen LogP contribution in [-0.4, -0.2) is 0 Å². The minimum absolute atomic E-state index is 1.09. The standard InChI is InChI=1S/C17H10S2/c1-3-18-16-8-14-12(5-10(1)16)7-13-6-11-2-4-19-17(11)9-15(13)14/h1-6,8-9H,7H2. The normalized spacial score (nSPS) is 13.1. The smallest absolute Gasteiger partial charge is 0.0349 e. The molecule has 19 heavy (non-hydrogen) atoms. The highest BCUT2D eigenvalue weighted by Crippen LogP contribution is 2.42. The lowest BCUT2D eigenvalue weighted by atomic mass is 10.0. The van der Waals surface area contributed by atoms with Crippen LogP contribution in [0, 0.1) is 0 Å². The first-order valence-electron chi connectivity index (χ1n) is 6.39. The van der Waals surface area contributed by atoms with E-state index >= 15 is 0 Å². The van der Waals surface area contributed by atoms with Crippen molar-refractivity contribution in [3.63, 3.8) is 0 Å². The van der Waals surface area contributed by atoms with E-state index in [0.29, 0.717) is 0 Å². The predicted molar refractivity (Wildman–Crippen MR) is 85.5 cm³/mol. The Bertz CT molecular complexity index is 862. The van der Waals surface area contributed by atoms with Gasteiger partial charge >= 0.3 is 0 Å².